The molecule has 0 atom stereocenters. The summed E-state index contributed by atoms with van der Waals surface area (Å²) in [4.78, 5) is 34.8. The van der Waals surface area contributed by atoms with Crippen LogP contribution in [0.15, 0.2) is 0 Å². The van der Waals surface area contributed by atoms with Crippen LogP contribution in [0, 0.1) is 10.1 Å². The van der Waals surface area contributed by atoms with Gasteiger partial charge in [-0.1, -0.05) is 19.8 Å². The first kappa shape index (κ1) is 17.0. The number of hydrogen-bond acceptors (Lipinski definition) is 7. The summed E-state index contributed by atoms with van der Waals surface area (Å²) < 4.78 is 0. The fourth-order valence-corrected chi connectivity index (χ4v) is 2.46. The molecule has 1 aromatic heterocycles. The Balaban J connectivity index is 0.000000677. The molecule has 9 heteroatoms. The van der Waals surface area contributed by atoms with Crippen LogP contribution in [0.25, 0.3) is 0 Å². The molecule has 1 aliphatic carbocycles. The lowest BCUT2D eigenvalue weighted by Crippen LogP contribution is -2.18. The van der Waals surface area contributed by atoms with E-state index < -0.39 is 4.92 Å². The van der Waals surface area contributed by atoms with Gasteiger partial charge in [-0.05, 0) is 30.9 Å². The van der Waals surface area contributed by atoms with Gasteiger partial charge in [-0.15, -0.1) is 0 Å². The lowest BCUT2D eigenvalue weighted by atomic mass is 10.2. The van der Waals surface area contributed by atoms with Crippen molar-refractivity contribution in [2.45, 2.75) is 45.1 Å². The van der Waals surface area contributed by atoms with Crippen molar-refractivity contribution in [1.82, 2.24) is 9.97 Å². The molecule has 0 bridgehead atoms. The number of nitrogens with zero attached hydrogens (tertiary/aromatic N) is 3. The van der Waals surface area contributed by atoms with Crippen molar-refractivity contribution in [2.75, 3.05) is 5.32 Å². The van der Waals surface area contributed by atoms with Crippen molar-refractivity contribution in [3.05, 3.63) is 21.1 Å². The maximum absolute atomic E-state index is 11.1. The summed E-state index contributed by atoms with van der Waals surface area (Å²) in [5.74, 6) is 0.253. The number of anilines is 1. The van der Waals surface area contributed by atoms with E-state index in [0.29, 0.717) is 12.1 Å². The summed E-state index contributed by atoms with van der Waals surface area (Å²) in [6.07, 6.45) is 5.02. The van der Waals surface area contributed by atoms with Gasteiger partial charge in [0.15, 0.2) is 0 Å². The fraction of sp³-hybridized carbons (Fsp3) is 0.583. The zero-order valence-corrected chi connectivity index (χ0v) is 12.2. The number of nitro groups is 1. The van der Waals surface area contributed by atoms with E-state index in [-0.39, 0.29) is 29.0 Å². The van der Waals surface area contributed by atoms with Crippen LogP contribution in [0.2, 0.25) is 5.28 Å². The third kappa shape index (κ3) is 4.77. The topological polar surface area (TPSA) is 115 Å². The lowest BCUT2D eigenvalue weighted by molar-refractivity contribution is -0.385. The summed E-state index contributed by atoms with van der Waals surface area (Å²) in [6, 6.07) is 0.249. The highest BCUT2D eigenvalue weighted by Gasteiger charge is 2.26. The van der Waals surface area contributed by atoms with Crippen LogP contribution in [0.1, 0.15) is 38.3 Å². The second kappa shape index (κ2) is 8.28. The highest BCUT2D eigenvalue weighted by atomic mass is 35.5. The average Bonchev–Trinajstić information content (AvgIpc) is 2.91. The molecule has 21 heavy (non-hydrogen) atoms. The Kier molecular flexibility index (Phi) is 6.71. The van der Waals surface area contributed by atoms with Gasteiger partial charge in [0, 0.05) is 6.04 Å². The van der Waals surface area contributed by atoms with Gasteiger partial charge in [0.1, 0.15) is 5.69 Å². The first-order valence-electron chi connectivity index (χ1n) is 6.50. The number of carbonyl (C=O) groups excluding carboxylic acids is 2. The highest BCUT2D eigenvalue weighted by Crippen LogP contribution is 2.30. The Hall–Kier alpha value is -2.05. The third-order valence-electron chi connectivity index (χ3n) is 3.14. The maximum atomic E-state index is 11.1. The van der Waals surface area contributed by atoms with Gasteiger partial charge in [0.2, 0.25) is 11.1 Å². The number of nitrogens with one attached hydrogen (secondary N) is 1. The first-order chi connectivity index (χ1) is 10.0. The number of aryl methyl sites for hydroxylation is 1. The van der Waals surface area contributed by atoms with E-state index in [2.05, 4.69) is 15.3 Å². The minimum absolute atomic E-state index is 0.0474. The normalized spacial score (nSPS) is 14.0. The van der Waals surface area contributed by atoms with Gasteiger partial charge in [-0.3, -0.25) is 10.1 Å². The third-order valence-corrected chi connectivity index (χ3v) is 3.31. The molecule has 0 amide bonds. The van der Waals surface area contributed by atoms with E-state index in [9.17, 15) is 10.1 Å². The van der Waals surface area contributed by atoms with Crippen LogP contribution in [0.4, 0.5) is 11.5 Å². The van der Waals surface area contributed by atoms with Crippen molar-refractivity contribution in [3.8, 4) is 0 Å². The predicted molar refractivity (Wildman–Crippen MR) is 74.0 cm³/mol. The van der Waals surface area contributed by atoms with Crippen LogP contribution >= 0.6 is 11.6 Å². The van der Waals surface area contributed by atoms with Crippen LogP contribution < -0.4 is 5.32 Å². The van der Waals surface area contributed by atoms with Crippen LogP contribution in [-0.2, 0) is 16.0 Å². The van der Waals surface area contributed by atoms with Crippen molar-refractivity contribution in [2.24, 2.45) is 0 Å². The molecule has 1 fully saturated rings. The highest BCUT2D eigenvalue weighted by molar-refractivity contribution is 6.28. The molecule has 0 aromatic carbocycles. The summed E-state index contributed by atoms with van der Waals surface area (Å²) in [5.41, 5.74) is 0.328. The Morgan fingerprint density at radius 1 is 1.38 bits per heavy atom. The molecule has 1 aliphatic rings. The van der Waals surface area contributed by atoms with Crippen LogP contribution in [0.3, 0.4) is 0 Å². The number of halogens is 1. The second-order valence-corrected chi connectivity index (χ2v) is 4.79. The van der Waals surface area contributed by atoms with Crippen molar-refractivity contribution in [1.29, 1.82) is 0 Å². The number of rotatable bonds is 4. The number of hydrogen-bond donors (Lipinski definition) is 1. The first-order valence-corrected chi connectivity index (χ1v) is 6.87. The SMILES string of the molecule is CCc1nc(Cl)nc(NC2CCCC2)c1[N+](=O)[O-].O=C=O. The maximum Gasteiger partial charge on any atom is 0.373 e. The smallest absolute Gasteiger partial charge is 0.361 e. The average molecular weight is 315 g/mol. The molecule has 114 valence electrons. The lowest BCUT2D eigenvalue weighted by Gasteiger charge is -2.13. The molecule has 1 aromatic rings. The van der Waals surface area contributed by atoms with Gasteiger partial charge in [0.05, 0.1) is 4.92 Å². The Labute approximate surface area is 126 Å². The van der Waals surface area contributed by atoms with E-state index in [1.165, 1.54) is 0 Å². The largest absolute Gasteiger partial charge is 0.373 e. The molecule has 1 N–H and O–H groups in total. The fourth-order valence-electron chi connectivity index (χ4n) is 2.27. The van der Waals surface area contributed by atoms with Gasteiger partial charge in [-0.25, -0.2) is 4.98 Å². The van der Waals surface area contributed by atoms with Gasteiger partial charge < -0.3 is 5.32 Å². The Bertz CT molecular complexity index is 540. The van der Waals surface area contributed by atoms with Gasteiger partial charge >= 0.3 is 11.8 Å². The molecule has 1 heterocycles. The molecule has 0 spiro atoms. The van der Waals surface area contributed by atoms with Crippen molar-refractivity contribution in [3.63, 3.8) is 0 Å². The van der Waals surface area contributed by atoms with E-state index in [1.807, 2.05) is 6.92 Å². The monoisotopic (exact) mass is 314 g/mol. The van der Waals surface area contributed by atoms with E-state index in [1.54, 1.807) is 0 Å². The van der Waals surface area contributed by atoms with Crippen LogP contribution in [-0.4, -0.2) is 27.1 Å². The minimum Gasteiger partial charge on any atom is -0.361 e. The Morgan fingerprint density at radius 3 is 2.43 bits per heavy atom. The summed E-state index contributed by atoms with van der Waals surface area (Å²) in [6.45, 7) is 1.81. The molecule has 0 radical (unpaired) electrons. The zero-order chi connectivity index (χ0) is 15.8. The molecular formula is C12H15ClN4O4. The van der Waals surface area contributed by atoms with Gasteiger partial charge in [-0.2, -0.15) is 14.6 Å². The zero-order valence-electron chi connectivity index (χ0n) is 11.5. The van der Waals surface area contributed by atoms with Gasteiger partial charge in [0.25, 0.3) is 0 Å². The molecular weight excluding hydrogens is 300 g/mol. The molecule has 0 saturated heterocycles. The molecule has 0 aliphatic heterocycles. The second-order valence-electron chi connectivity index (χ2n) is 4.46. The van der Waals surface area contributed by atoms with Crippen LogP contribution in [0.5, 0.6) is 0 Å². The number of aromatic nitrogens is 2. The standard InChI is InChI=1S/C11H15ClN4O2.CO2/c1-2-8-9(16(17)18)10(15-11(12)14-8)13-7-5-3-4-6-7;2-1-3/h7H,2-6H2,1H3,(H,13,14,15);. The van der Waals surface area contributed by atoms with Crippen molar-refractivity contribution < 1.29 is 14.5 Å². The van der Waals surface area contributed by atoms with E-state index in [4.69, 9.17) is 21.2 Å². The molecule has 1 saturated carbocycles. The van der Waals surface area contributed by atoms with E-state index in [0.717, 1.165) is 25.7 Å². The molecule has 0 unspecified atom stereocenters. The summed E-state index contributed by atoms with van der Waals surface area (Å²) in [7, 11) is 0. The minimum atomic E-state index is -0.438. The molecule has 2 rings (SSSR count). The quantitative estimate of drug-likeness (QED) is 0.515. The Morgan fingerprint density at radius 2 is 1.95 bits per heavy atom. The van der Waals surface area contributed by atoms with Crippen molar-refractivity contribution >= 4 is 29.3 Å². The molecule has 8 nitrogen and oxygen atoms in total. The van der Waals surface area contributed by atoms with E-state index >= 15 is 0 Å². The summed E-state index contributed by atoms with van der Waals surface area (Å²) >= 11 is 5.81. The predicted octanol–water partition coefficient (Wildman–Crippen LogP) is 2.37. The summed E-state index contributed by atoms with van der Waals surface area (Å²) in [5, 5.41) is 14.3.